The first-order valence-electron chi connectivity index (χ1n) is 12.3. The zero-order valence-electron chi connectivity index (χ0n) is 20.3. The molecule has 1 amide bonds. The number of amides is 1. The number of nitrogens with one attached hydrogen (secondary N) is 2. The lowest BCUT2D eigenvalue weighted by Crippen LogP contribution is -2.55. The summed E-state index contributed by atoms with van der Waals surface area (Å²) in [7, 11) is 1.58. The number of benzene rings is 2. The number of carbonyl (C=O) groups excluding carboxylic acids is 1. The minimum Gasteiger partial charge on any atom is -0.493 e. The molecular weight excluding hydrogens is 501 g/mol. The predicted octanol–water partition coefficient (Wildman–Crippen LogP) is 3.68. The molecule has 37 heavy (non-hydrogen) atoms. The molecule has 3 saturated heterocycles. The number of nitrogens with zero attached hydrogens (tertiary/aromatic N) is 3. The van der Waals surface area contributed by atoms with E-state index in [1.165, 1.54) is 12.1 Å². The molecule has 3 aliphatic heterocycles. The first-order valence-corrected chi connectivity index (χ1v) is 12.7. The van der Waals surface area contributed by atoms with Crippen molar-refractivity contribution < 1.29 is 23.4 Å². The number of anilines is 2. The first kappa shape index (κ1) is 24.1. The third-order valence-corrected chi connectivity index (χ3v) is 7.56. The van der Waals surface area contributed by atoms with E-state index in [-0.39, 0.29) is 17.0 Å². The summed E-state index contributed by atoms with van der Waals surface area (Å²) in [5, 5.41) is 7.19. The van der Waals surface area contributed by atoms with Gasteiger partial charge in [0.2, 0.25) is 5.95 Å². The summed E-state index contributed by atoms with van der Waals surface area (Å²) in [6, 6.07) is 8.27. The molecule has 0 radical (unpaired) electrons. The van der Waals surface area contributed by atoms with Crippen LogP contribution in [-0.2, 0) is 9.53 Å². The van der Waals surface area contributed by atoms with Crippen molar-refractivity contribution in [2.24, 2.45) is 0 Å². The lowest BCUT2D eigenvalue weighted by molar-refractivity contribution is -0.154. The minimum absolute atomic E-state index is 0.0141. The highest BCUT2D eigenvalue weighted by atomic mass is 35.5. The van der Waals surface area contributed by atoms with E-state index in [2.05, 4.69) is 20.6 Å². The minimum atomic E-state index is -0.684. The maximum absolute atomic E-state index is 13.4. The number of ether oxygens (including phenoxy) is 3. The Bertz CT molecular complexity index is 1340. The van der Waals surface area contributed by atoms with Gasteiger partial charge in [-0.25, -0.2) is 14.4 Å². The Labute approximate surface area is 218 Å². The van der Waals surface area contributed by atoms with Crippen molar-refractivity contribution in [3.8, 4) is 11.5 Å². The molecule has 2 bridgehead atoms. The SMILES string of the molecule is COc1cc2nc(Nc3ccc(F)c(Cl)c3)ncc2cc1OC1CCN(C(=O)[C@]23CN[C@H](CO2)C3)CC1. The first-order chi connectivity index (χ1) is 17.9. The Hall–Kier alpha value is -3.21. The highest BCUT2D eigenvalue weighted by Crippen LogP contribution is 2.36. The van der Waals surface area contributed by atoms with Crippen molar-refractivity contribution in [2.45, 2.75) is 37.0 Å². The van der Waals surface area contributed by atoms with Crippen LogP contribution in [0.15, 0.2) is 36.5 Å². The van der Waals surface area contributed by atoms with Gasteiger partial charge in [-0.3, -0.25) is 4.79 Å². The molecule has 3 aliphatic rings. The van der Waals surface area contributed by atoms with Crippen molar-refractivity contribution in [1.29, 1.82) is 0 Å². The van der Waals surface area contributed by atoms with E-state index in [1.807, 2.05) is 11.0 Å². The lowest BCUT2D eigenvalue weighted by Gasteiger charge is -2.37. The zero-order chi connectivity index (χ0) is 25.6. The highest BCUT2D eigenvalue weighted by Gasteiger charge is 2.53. The molecule has 11 heteroatoms. The Morgan fingerprint density at radius 3 is 2.78 bits per heavy atom. The van der Waals surface area contributed by atoms with E-state index in [4.69, 9.17) is 25.8 Å². The quantitative estimate of drug-likeness (QED) is 0.501. The number of rotatable bonds is 6. The summed E-state index contributed by atoms with van der Waals surface area (Å²) in [6.07, 6.45) is 3.84. The van der Waals surface area contributed by atoms with Gasteiger partial charge in [0.25, 0.3) is 5.91 Å². The molecule has 0 saturated carbocycles. The fraction of sp³-hybridized carbons (Fsp3) is 0.423. The van der Waals surface area contributed by atoms with Crippen LogP contribution < -0.4 is 20.1 Å². The highest BCUT2D eigenvalue weighted by molar-refractivity contribution is 6.31. The third kappa shape index (κ3) is 4.65. The molecule has 2 atom stereocenters. The molecule has 2 aromatic carbocycles. The van der Waals surface area contributed by atoms with Crippen LogP contribution in [0.25, 0.3) is 10.9 Å². The number of morpholine rings is 1. The molecule has 3 aromatic rings. The number of methoxy groups -OCH3 is 1. The summed E-state index contributed by atoms with van der Waals surface area (Å²) >= 11 is 5.87. The largest absolute Gasteiger partial charge is 0.493 e. The Kier molecular flexibility index (Phi) is 6.26. The maximum atomic E-state index is 13.4. The van der Waals surface area contributed by atoms with E-state index in [1.54, 1.807) is 25.4 Å². The smallest absolute Gasteiger partial charge is 0.256 e. The number of fused-ring (bicyclic) bond motifs is 3. The second kappa shape index (κ2) is 9.59. The monoisotopic (exact) mass is 527 g/mol. The van der Waals surface area contributed by atoms with Gasteiger partial charge in [0, 0.05) is 68.3 Å². The number of halogens is 2. The number of aromatic nitrogens is 2. The van der Waals surface area contributed by atoms with Crippen molar-refractivity contribution >= 4 is 40.0 Å². The number of likely N-dealkylation sites (tertiary alicyclic amines) is 1. The van der Waals surface area contributed by atoms with Crippen LogP contribution in [-0.4, -0.2) is 71.9 Å². The standard InChI is InChI=1S/C26H27ClFN5O4/c1-35-22-10-21-15(12-29-25(32-21)31-16-2-3-20(28)19(27)9-16)8-23(22)37-18-4-6-33(7-5-18)24(34)26-11-17(13-36-26)30-14-26/h2-3,8-10,12,17-18,30H,4-7,11,13-14H2,1H3,(H,29,31,32)/t17-,26-/m0/s1. The molecule has 3 fully saturated rings. The fourth-order valence-electron chi connectivity index (χ4n) is 5.26. The average molecular weight is 528 g/mol. The fourth-order valence-corrected chi connectivity index (χ4v) is 5.44. The molecule has 9 nitrogen and oxygen atoms in total. The molecule has 4 heterocycles. The molecule has 194 valence electrons. The Balaban J connectivity index is 1.13. The van der Waals surface area contributed by atoms with Crippen LogP contribution in [0.5, 0.6) is 11.5 Å². The van der Waals surface area contributed by atoms with Crippen LogP contribution in [0, 0.1) is 5.82 Å². The lowest BCUT2D eigenvalue weighted by atomic mass is 9.98. The van der Waals surface area contributed by atoms with Crippen LogP contribution in [0.1, 0.15) is 19.3 Å². The zero-order valence-corrected chi connectivity index (χ0v) is 21.1. The maximum Gasteiger partial charge on any atom is 0.256 e. The van der Waals surface area contributed by atoms with E-state index in [0.717, 1.165) is 24.6 Å². The number of hydrogen-bond acceptors (Lipinski definition) is 8. The molecule has 0 spiro atoms. The van der Waals surface area contributed by atoms with Crippen LogP contribution >= 0.6 is 11.6 Å². The molecule has 0 unspecified atom stereocenters. The van der Waals surface area contributed by atoms with Crippen molar-refractivity contribution in [1.82, 2.24) is 20.2 Å². The normalized spacial score (nSPS) is 23.4. The van der Waals surface area contributed by atoms with Crippen molar-refractivity contribution in [3.63, 3.8) is 0 Å². The van der Waals surface area contributed by atoms with Crippen LogP contribution in [0.2, 0.25) is 5.02 Å². The number of hydrogen-bond donors (Lipinski definition) is 2. The predicted molar refractivity (Wildman–Crippen MR) is 136 cm³/mol. The van der Waals surface area contributed by atoms with Crippen molar-refractivity contribution in [3.05, 3.63) is 47.4 Å². The Morgan fingerprint density at radius 1 is 1.27 bits per heavy atom. The van der Waals surface area contributed by atoms with Gasteiger partial charge in [0.05, 0.1) is 24.3 Å². The Morgan fingerprint density at radius 2 is 2.11 bits per heavy atom. The summed E-state index contributed by atoms with van der Waals surface area (Å²) in [5.41, 5.74) is 0.552. The van der Waals surface area contributed by atoms with E-state index in [0.29, 0.717) is 60.9 Å². The van der Waals surface area contributed by atoms with Gasteiger partial charge in [-0.05, 0) is 24.3 Å². The van der Waals surface area contributed by atoms with Crippen LogP contribution in [0.4, 0.5) is 16.0 Å². The summed E-state index contributed by atoms with van der Waals surface area (Å²) < 4.78 is 31.2. The van der Waals surface area contributed by atoms with Gasteiger partial charge in [-0.2, -0.15) is 0 Å². The summed E-state index contributed by atoms with van der Waals surface area (Å²) in [5.74, 6) is 1.10. The topological polar surface area (TPSA) is 97.8 Å². The molecule has 0 aliphatic carbocycles. The van der Waals surface area contributed by atoms with E-state index < -0.39 is 11.4 Å². The second-order valence-corrected chi connectivity index (χ2v) is 10.1. The summed E-state index contributed by atoms with van der Waals surface area (Å²) in [4.78, 5) is 23.9. The van der Waals surface area contributed by atoms with Gasteiger partial charge in [0.1, 0.15) is 11.9 Å². The van der Waals surface area contributed by atoms with Gasteiger partial charge in [-0.1, -0.05) is 11.6 Å². The van der Waals surface area contributed by atoms with Crippen molar-refractivity contribution in [2.75, 3.05) is 38.7 Å². The third-order valence-electron chi connectivity index (χ3n) is 7.27. The molecular formula is C26H27ClFN5O4. The molecule has 6 rings (SSSR count). The summed E-state index contributed by atoms with van der Waals surface area (Å²) in [6.45, 7) is 2.45. The van der Waals surface area contributed by atoms with Crippen LogP contribution in [0.3, 0.4) is 0 Å². The van der Waals surface area contributed by atoms with Gasteiger partial charge < -0.3 is 29.7 Å². The van der Waals surface area contributed by atoms with Gasteiger partial charge >= 0.3 is 0 Å². The number of piperidine rings is 1. The molecule has 1 aromatic heterocycles. The van der Waals surface area contributed by atoms with E-state index in [9.17, 15) is 9.18 Å². The van der Waals surface area contributed by atoms with Gasteiger partial charge in [-0.15, -0.1) is 0 Å². The second-order valence-electron chi connectivity index (χ2n) is 9.71. The number of carbonyl (C=O) groups is 1. The van der Waals surface area contributed by atoms with Gasteiger partial charge in [0.15, 0.2) is 17.1 Å². The molecule has 2 N–H and O–H groups in total. The average Bonchev–Trinajstić information content (AvgIpc) is 3.53. The van der Waals surface area contributed by atoms with E-state index >= 15 is 0 Å².